The minimum Gasteiger partial charge on any atom is -0.493 e. The van der Waals surface area contributed by atoms with Crippen molar-refractivity contribution in [1.29, 1.82) is 0 Å². The minimum atomic E-state index is -1.10. The third-order valence-electron chi connectivity index (χ3n) is 2.72. The summed E-state index contributed by atoms with van der Waals surface area (Å²) in [7, 11) is 5.70. The highest BCUT2D eigenvalue weighted by atomic mass is 79.9. The molecule has 116 valence electrons. The summed E-state index contributed by atoms with van der Waals surface area (Å²) < 4.78 is 16.0. The first-order valence-electron chi connectivity index (χ1n) is 5.83. The van der Waals surface area contributed by atoms with Gasteiger partial charge in [0.2, 0.25) is 5.75 Å². The van der Waals surface area contributed by atoms with Gasteiger partial charge in [-0.3, -0.25) is 9.59 Å². The van der Waals surface area contributed by atoms with Crippen molar-refractivity contribution in [3.8, 4) is 17.2 Å². The summed E-state index contributed by atoms with van der Waals surface area (Å²) in [6.45, 7) is -0.415. The molecule has 0 atom stereocenters. The summed E-state index contributed by atoms with van der Waals surface area (Å²) >= 11 is 3.28. The van der Waals surface area contributed by atoms with Crippen molar-refractivity contribution < 1.29 is 28.9 Å². The van der Waals surface area contributed by atoms with Gasteiger partial charge in [-0.1, -0.05) is 0 Å². The Hall–Kier alpha value is -1.96. The lowest BCUT2D eigenvalue weighted by Gasteiger charge is -2.19. The van der Waals surface area contributed by atoms with Crippen LogP contribution in [0, 0.1) is 0 Å². The predicted molar refractivity (Wildman–Crippen MR) is 78.4 cm³/mol. The van der Waals surface area contributed by atoms with E-state index in [0.29, 0.717) is 21.7 Å². The standard InChI is InChI=1S/C13H16BrNO6/c1-15(6-9(16)17)13(18)7-5-8(19-2)11(20-3)12(21-4)10(7)14/h5H,6H2,1-4H3,(H,16,17). The molecule has 0 spiro atoms. The van der Waals surface area contributed by atoms with Crippen LogP contribution in [0.5, 0.6) is 17.2 Å². The Labute approximate surface area is 130 Å². The molecular weight excluding hydrogens is 346 g/mol. The molecule has 7 nitrogen and oxygen atoms in total. The van der Waals surface area contributed by atoms with Crippen LogP contribution in [0.1, 0.15) is 10.4 Å². The summed E-state index contributed by atoms with van der Waals surface area (Å²) in [5, 5.41) is 8.76. The van der Waals surface area contributed by atoms with Crippen molar-refractivity contribution in [1.82, 2.24) is 4.90 Å². The molecule has 8 heteroatoms. The maximum Gasteiger partial charge on any atom is 0.323 e. The van der Waals surface area contributed by atoms with E-state index < -0.39 is 18.4 Å². The molecule has 0 aliphatic carbocycles. The molecule has 0 saturated heterocycles. The normalized spacial score (nSPS) is 9.95. The van der Waals surface area contributed by atoms with Crippen LogP contribution in [0.3, 0.4) is 0 Å². The molecule has 0 aliphatic rings. The van der Waals surface area contributed by atoms with Crippen LogP contribution in [0.15, 0.2) is 10.5 Å². The monoisotopic (exact) mass is 361 g/mol. The van der Waals surface area contributed by atoms with Gasteiger partial charge in [-0.2, -0.15) is 0 Å². The van der Waals surface area contributed by atoms with E-state index in [4.69, 9.17) is 19.3 Å². The van der Waals surface area contributed by atoms with Gasteiger partial charge < -0.3 is 24.2 Å². The smallest absolute Gasteiger partial charge is 0.323 e. The van der Waals surface area contributed by atoms with Gasteiger partial charge in [0.25, 0.3) is 5.91 Å². The fourth-order valence-electron chi connectivity index (χ4n) is 1.76. The number of rotatable bonds is 6. The minimum absolute atomic E-state index is 0.216. The number of hydrogen-bond acceptors (Lipinski definition) is 5. The largest absolute Gasteiger partial charge is 0.493 e. The third kappa shape index (κ3) is 3.57. The SMILES string of the molecule is COc1cc(C(=O)N(C)CC(=O)O)c(Br)c(OC)c1OC. The van der Waals surface area contributed by atoms with Crippen molar-refractivity contribution in [2.45, 2.75) is 0 Å². The number of ether oxygens (including phenoxy) is 3. The molecule has 1 aromatic carbocycles. The lowest BCUT2D eigenvalue weighted by atomic mass is 10.1. The topological polar surface area (TPSA) is 85.3 Å². The van der Waals surface area contributed by atoms with E-state index in [0.717, 1.165) is 4.90 Å². The molecule has 0 bridgehead atoms. The molecule has 0 aliphatic heterocycles. The highest BCUT2D eigenvalue weighted by molar-refractivity contribution is 9.10. The van der Waals surface area contributed by atoms with Crippen LogP contribution in [0.25, 0.3) is 0 Å². The zero-order valence-electron chi connectivity index (χ0n) is 12.1. The van der Waals surface area contributed by atoms with E-state index in [1.807, 2.05) is 0 Å². The van der Waals surface area contributed by atoms with Gasteiger partial charge in [-0.15, -0.1) is 0 Å². The molecule has 1 aromatic rings. The Balaban J connectivity index is 3.36. The van der Waals surface area contributed by atoms with Crippen molar-refractivity contribution >= 4 is 27.8 Å². The summed E-state index contributed by atoms with van der Waals surface area (Å²) in [4.78, 5) is 24.1. The van der Waals surface area contributed by atoms with Gasteiger partial charge in [0.05, 0.1) is 31.4 Å². The van der Waals surface area contributed by atoms with Gasteiger partial charge in [0, 0.05) is 7.05 Å². The average molecular weight is 362 g/mol. The second-order valence-corrected chi connectivity index (χ2v) is 4.85. The second kappa shape index (κ2) is 7.16. The molecule has 0 unspecified atom stereocenters. The molecule has 0 heterocycles. The second-order valence-electron chi connectivity index (χ2n) is 4.06. The Morgan fingerprint density at radius 3 is 2.19 bits per heavy atom. The number of carboxylic acid groups (broad SMARTS) is 1. The molecule has 0 saturated carbocycles. The number of benzene rings is 1. The number of aliphatic carboxylic acids is 1. The highest BCUT2D eigenvalue weighted by Crippen LogP contribution is 2.44. The van der Waals surface area contributed by atoms with E-state index in [1.165, 1.54) is 34.4 Å². The van der Waals surface area contributed by atoms with E-state index in [1.54, 1.807) is 0 Å². The highest BCUT2D eigenvalue weighted by Gasteiger charge is 2.25. The molecular formula is C13H16BrNO6. The Bertz CT molecular complexity index is 560. The van der Waals surface area contributed by atoms with Crippen LogP contribution in [-0.2, 0) is 4.79 Å². The van der Waals surface area contributed by atoms with Gasteiger partial charge in [0.15, 0.2) is 11.5 Å². The van der Waals surface area contributed by atoms with Crippen LogP contribution >= 0.6 is 15.9 Å². The molecule has 0 aromatic heterocycles. The van der Waals surface area contributed by atoms with E-state index >= 15 is 0 Å². The van der Waals surface area contributed by atoms with Gasteiger partial charge in [-0.05, 0) is 22.0 Å². The number of halogens is 1. The van der Waals surface area contributed by atoms with E-state index in [-0.39, 0.29) is 5.56 Å². The number of likely N-dealkylation sites (N-methyl/N-ethyl adjacent to an activating group) is 1. The van der Waals surface area contributed by atoms with Crippen LogP contribution in [-0.4, -0.2) is 56.8 Å². The maximum absolute atomic E-state index is 12.3. The number of carbonyl (C=O) groups is 2. The molecule has 21 heavy (non-hydrogen) atoms. The summed E-state index contributed by atoms with van der Waals surface area (Å²) in [5.41, 5.74) is 0.216. The zero-order chi connectivity index (χ0) is 16.2. The van der Waals surface area contributed by atoms with Gasteiger partial charge >= 0.3 is 5.97 Å². The van der Waals surface area contributed by atoms with E-state index in [2.05, 4.69) is 15.9 Å². The van der Waals surface area contributed by atoms with Crippen molar-refractivity contribution in [3.63, 3.8) is 0 Å². The van der Waals surface area contributed by atoms with Crippen molar-refractivity contribution in [2.75, 3.05) is 34.9 Å². The molecule has 0 fully saturated rings. The Morgan fingerprint density at radius 2 is 1.76 bits per heavy atom. The Morgan fingerprint density at radius 1 is 1.19 bits per heavy atom. The van der Waals surface area contributed by atoms with Crippen molar-refractivity contribution in [2.24, 2.45) is 0 Å². The quantitative estimate of drug-likeness (QED) is 0.828. The van der Waals surface area contributed by atoms with Gasteiger partial charge in [0.1, 0.15) is 6.54 Å². The fourth-order valence-corrected chi connectivity index (χ4v) is 2.38. The number of nitrogens with zero attached hydrogens (tertiary/aromatic N) is 1. The molecule has 1 N–H and O–H groups in total. The van der Waals surface area contributed by atoms with E-state index in [9.17, 15) is 9.59 Å². The van der Waals surface area contributed by atoms with Crippen LogP contribution < -0.4 is 14.2 Å². The molecule has 0 radical (unpaired) electrons. The molecule has 1 rings (SSSR count). The number of carboxylic acids is 1. The third-order valence-corrected chi connectivity index (χ3v) is 3.51. The molecule has 1 amide bonds. The first kappa shape index (κ1) is 17.1. The zero-order valence-corrected chi connectivity index (χ0v) is 13.7. The maximum atomic E-state index is 12.3. The lowest BCUT2D eigenvalue weighted by Crippen LogP contribution is -2.32. The first-order chi connectivity index (χ1) is 9.87. The predicted octanol–water partition coefficient (Wildman–Crippen LogP) is 1.63. The number of methoxy groups -OCH3 is 3. The summed E-state index contributed by atoms with van der Waals surface area (Å²) in [6, 6.07) is 1.46. The van der Waals surface area contributed by atoms with Crippen LogP contribution in [0.2, 0.25) is 0 Å². The fraction of sp³-hybridized carbons (Fsp3) is 0.385. The van der Waals surface area contributed by atoms with Crippen molar-refractivity contribution in [3.05, 3.63) is 16.1 Å². The number of hydrogen-bond donors (Lipinski definition) is 1. The number of amides is 1. The summed E-state index contributed by atoms with van der Waals surface area (Å²) in [6.07, 6.45) is 0. The first-order valence-corrected chi connectivity index (χ1v) is 6.62. The average Bonchev–Trinajstić information content (AvgIpc) is 2.44. The van der Waals surface area contributed by atoms with Crippen LogP contribution in [0.4, 0.5) is 0 Å². The summed E-state index contributed by atoms with van der Waals surface area (Å²) in [5.74, 6) is -0.643. The number of carbonyl (C=O) groups excluding carboxylic acids is 1. The van der Waals surface area contributed by atoms with Gasteiger partial charge in [-0.25, -0.2) is 0 Å². The Kier molecular flexibility index (Phi) is 5.83. The lowest BCUT2D eigenvalue weighted by molar-refractivity contribution is -0.137.